The van der Waals surface area contributed by atoms with Crippen molar-refractivity contribution >= 4 is 92.9 Å². The van der Waals surface area contributed by atoms with Gasteiger partial charge in [-0.25, -0.2) is 0 Å². The molecule has 0 unspecified atom stereocenters. The molecule has 0 amide bonds. The van der Waals surface area contributed by atoms with Crippen molar-refractivity contribution < 1.29 is 0 Å². The highest BCUT2D eigenvalue weighted by Gasteiger charge is 2.26. The van der Waals surface area contributed by atoms with Crippen LogP contribution in [0.2, 0.25) is 25.1 Å². The van der Waals surface area contributed by atoms with Crippen molar-refractivity contribution in [3.8, 4) is 12.1 Å². The van der Waals surface area contributed by atoms with Crippen LogP contribution in [0.1, 0.15) is 11.1 Å². The number of nitrogens with one attached hydrogen (secondary N) is 1. The number of rotatable bonds is 6. The Morgan fingerprint density at radius 3 is 1.69 bits per heavy atom. The third kappa shape index (κ3) is 5.86. The molecule has 4 aromatic rings. The Balaban J connectivity index is 2.02. The molecule has 0 spiro atoms. The smallest absolute Gasteiger partial charge is 0.103 e. The molecule has 10 heteroatoms. The van der Waals surface area contributed by atoms with E-state index in [1.165, 1.54) is 23.5 Å². The van der Waals surface area contributed by atoms with Crippen LogP contribution >= 0.6 is 81.5 Å². The maximum Gasteiger partial charge on any atom is 0.103 e. The van der Waals surface area contributed by atoms with Crippen LogP contribution < -0.4 is 5.32 Å². The highest BCUT2D eigenvalue weighted by atomic mass is 35.5. The fourth-order valence-corrected chi connectivity index (χ4v) is 6.77. The molecular weight excluding hydrogens is 596 g/mol. The minimum absolute atomic E-state index is 0.0415. The van der Waals surface area contributed by atoms with Crippen molar-refractivity contribution in [3.05, 3.63) is 103 Å². The zero-order chi connectivity index (χ0) is 25.8. The van der Waals surface area contributed by atoms with Crippen molar-refractivity contribution in [2.75, 3.05) is 5.32 Å². The van der Waals surface area contributed by atoms with Gasteiger partial charge < -0.3 is 5.32 Å². The Hall–Kier alpha value is -2.19. The number of halogens is 5. The largest absolute Gasteiger partial charge is 0.353 e. The molecule has 36 heavy (non-hydrogen) atoms. The van der Waals surface area contributed by atoms with E-state index >= 15 is 0 Å². The van der Waals surface area contributed by atoms with Crippen LogP contribution in [0.4, 0.5) is 11.4 Å². The number of hydrogen-bond acceptors (Lipinski definition) is 5. The summed E-state index contributed by atoms with van der Waals surface area (Å²) in [4.78, 5) is 2.36. The van der Waals surface area contributed by atoms with Crippen molar-refractivity contribution in [1.82, 2.24) is 0 Å². The Labute approximate surface area is 241 Å². The Morgan fingerprint density at radius 1 is 0.639 bits per heavy atom. The van der Waals surface area contributed by atoms with Crippen LogP contribution in [-0.2, 0) is 0 Å². The molecule has 0 aliphatic rings. The maximum absolute atomic E-state index is 10.1. The third-order valence-corrected chi connectivity index (χ3v) is 9.14. The van der Waals surface area contributed by atoms with E-state index in [-0.39, 0.29) is 16.1 Å². The van der Waals surface area contributed by atoms with E-state index in [0.29, 0.717) is 45.4 Å². The molecule has 3 nitrogen and oxygen atoms in total. The number of benzene rings is 4. The summed E-state index contributed by atoms with van der Waals surface area (Å²) >= 11 is 34.7. The van der Waals surface area contributed by atoms with E-state index in [0.717, 1.165) is 5.69 Å². The average Bonchev–Trinajstić information content (AvgIpc) is 2.87. The fraction of sp³-hybridized carbons (Fsp3) is 0. The lowest BCUT2D eigenvalue weighted by molar-refractivity contribution is 1.20. The lowest BCUT2D eigenvalue weighted by Gasteiger charge is -2.21. The summed E-state index contributed by atoms with van der Waals surface area (Å²) in [6.45, 7) is 0. The minimum atomic E-state index is 0.0415. The zero-order valence-electron chi connectivity index (χ0n) is 18.0. The predicted molar refractivity (Wildman–Crippen MR) is 152 cm³/mol. The third-order valence-electron chi connectivity index (χ3n) is 4.83. The highest BCUT2D eigenvalue weighted by molar-refractivity contribution is 8.02. The highest BCUT2D eigenvalue weighted by Crippen LogP contribution is 2.52. The summed E-state index contributed by atoms with van der Waals surface area (Å²) in [6.07, 6.45) is 0. The van der Waals surface area contributed by atoms with Gasteiger partial charge in [0.25, 0.3) is 0 Å². The summed E-state index contributed by atoms with van der Waals surface area (Å²) in [5, 5.41) is 25.4. The number of nitrogens with zero attached hydrogens (tertiary/aromatic N) is 2. The van der Waals surface area contributed by atoms with Crippen LogP contribution in [0.15, 0.2) is 86.3 Å². The standard InChI is InChI=1S/C26H12Cl5N3S2/c27-14-6-8-19(29)21(10-14)35-25-23(31)17(12-32)18(13-33)24(34-16-4-2-1-3-5-16)26(25)36-22-11-15(28)7-9-20(22)30/h1-11,34H. The first kappa shape index (κ1) is 26.9. The molecule has 0 atom stereocenters. The van der Waals surface area contributed by atoms with Crippen LogP contribution in [0.3, 0.4) is 0 Å². The summed E-state index contributed by atoms with van der Waals surface area (Å²) in [5.41, 5.74) is 1.27. The van der Waals surface area contributed by atoms with Crippen molar-refractivity contribution in [1.29, 1.82) is 10.5 Å². The monoisotopic (exact) mass is 605 g/mol. The van der Waals surface area contributed by atoms with Gasteiger partial charge in [-0.1, -0.05) is 99.7 Å². The van der Waals surface area contributed by atoms with Gasteiger partial charge in [-0.15, -0.1) is 0 Å². The van der Waals surface area contributed by atoms with Crippen LogP contribution in [0.25, 0.3) is 0 Å². The van der Waals surface area contributed by atoms with Crippen LogP contribution in [0.5, 0.6) is 0 Å². The maximum atomic E-state index is 10.1. The summed E-state index contributed by atoms with van der Waals surface area (Å²) in [5.74, 6) is 0. The van der Waals surface area contributed by atoms with Gasteiger partial charge in [0.15, 0.2) is 0 Å². The van der Waals surface area contributed by atoms with Crippen molar-refractivity contribution in [2.45, 2.75) is 19.6 Å². The van der Waals surface area contributed by atoms with Gasteiger partial charge in [-0.3, -0.25) is 0 Å². The van der Waals surface area contributed by atoms with E-state index in [1.54, 1.807) is 36.4 Å². The van der Waals surface area contributed by atoms with E-state index in [9.17, 15) is 10.5 Å². The minimum Gasteiger partial charge on any atom is -0.353 e. The van der Waals surface area contributed by atoms with Crippen LogP contribution in [0, 0.1) is 22.7 Å². The molecule has 0 saturated heterocycles. The second-order valence-electron chi connectivity index (χ2n) is 7.17. The predicted octanol–water partition coefficient (Wildman–Crippen LogP) is 10.7. The molecule has 0 bridgehead atoms. The first-order valence-electron chi connectivity index (χ1n) is 10.1. The van der Waals surface area contributed by atoms with Gasteiger partial charge in [0.05, 0.1) is 36.8 Å². The summed E-state index contributed by atoms with van der Waals surface area (Å²) < 4.78 is 0. The van der Waals surface area contributed by atoms with E-state index < -0.39 is 0 Å². The number of hydrogen-bond donors (Lipinski definition) is 1. The van der Waals surface area contributed by atoms with Gasteiger partial charge >= 0.3 is 0 Å². The summed E-state index contributed by atoms with van der Waals surface area (Å²) in [6, 6.07) is 23.7. The molecule has 4 rings (SSSR count). The van der Waals surface area contributed by atoms with Crippen LogP contribution in [-0.4, -0.2) is 0 Å². The summed E-state index contributed by atoms with van der Waals surface area (Å²) in [7, 11) is 0. The molecule has 0 aliphatic heterocycles. The number of anilines is 2. The lowest BCUT2D eigenvalue weighted by atomic mass is 10.1. The average molecular weight is 608 g/mol. The van der Waals surface area contributed by atoms with Crippen molar-refractivity contribution in [3.63, 3.8) is 0 Å². The topological polar surface area (TPSA) is 59.6 Å². The SMILES string of the molecule is N#Cc1c(Cl)c(Sc2cc(Cl)ccc2Cl)c(Sc2cc(Cl)ccc2Cl)c(Nc2ccccc2)c1C#N. The molecular formula is C26H12Cl5N3S2. The van der Waals surface area contributed by atoms with Gasteiger partial charge in [0.2, 0.25) is 0 Å². The molecule has 0 radical (unpaired) electrons. The van der Waals surface area contributed by atoms with Gasteiger partial charge in [-0.2, -0.15) is 10.5 Å². The number of nitriles is 2. The normalized spacial score (nSPS) is 10.5. The molecule has 0 fully saturated rings. The number of para-hydroxylation sites is 1. The Bertz CT molecular complexity index is 1550. The fourth-order valence-electron chi connectivity index (χ4n) is 3.20. The van der Waals surface area contributed by atoms with Gasteiger partial charge in [-0.05, 0) is 48.5 Å². The Morgan fingerprint density at radius 2 is 1.17 bits per heavy atom. The molecule has 178 valence electrons. The van der Waals surface area contributed by atoms with E-state index in [4.69, 9.17) is 58.0 Å². The molecule has 1 N–H and O–H groups in total. The molecule has 0 saturated carbocycles. The molecule has 0 aromatic heterocycles. The van der Waals surface area contributed by atoms with E-state index in [1.807, 2.05) is 30.3 Å². The second-order valence-corrected chi connectivity index (χ2v) is 11.3. The lowest BCUT2D eigenvalue weighted by Crippen LogP contribution is -2.02. The first-order valence-corrected chi connectivity index (χ1v) is 13.6. The quantitative estimate of drug-likeness (QED) is 0.236. The van der Waals surface area contributed by atoms with E-state index in [2.05, 4.69) is 17.5 Å². The molecule has 4 aromatic carbocycles. The van der Waals surface area contributed by atoms with Gasteiger partial charge in [0, 0.05) is 30.4 Å². The molecule has 0 heterocycles. The second kappa shape index (κ2) is 11.9. The van der Waals surface area contributed by atoms with Crippen molar-refractivity contribution in [2.24, 2.45) is 0 Å². The first-order chi connectivity index (χ1) is 17.3. The molecule has 0 aliphatic carbocycles. The zero-order valence-corrected chi connectivity index (χ0v) is 23.4. The van der Waals surface area contributed by atoms with Gasteiger partial charge in [0.1, 0.15) is 12.1 Å². The Kier molecular flexibility index (Phi) is 8.88.